The molecule has 10 heteroatoms. The first-order chi connectivity index (χ1) is 22.8. The highest BCUT2D eigenvalue weighted by Crippen LogP contribution is 2.46. The van der Waals surface area contributed by atoms with Crippen LogP contribution in [-0.2, 0) is 27.2 Å². The van der Waals surface area contributed by atoms with E-state index in [2.05, 4.69) is 142 Å². The van der Waals surface area contributed by atoms with Crippen molar-refractivity contribution in [3.05, 3.63) is 12.7 Å². The van der Waals surface area contributed by atoms with E-state index in [0.717, 1.165) is 19.3 Å². The van der Waals surface area contributed by atoms with Crippen LogP contribution in [0.25, 0.3) is 0 Å². The Morgan fingerprint density at radius 2 is 0.882 bits per heavy atom. The van der Waals surface area contributed by atoms with Crippen LogP contribution >= 0.6 is 0 Å². The second-order valence-corrected chi connectivity index (χ2v) is 40.6. The summed E-state index contributed by atoms with van der Waals surface area (Å²) in [4.78, 5) is 0. The minimum Gasteiger partial charge on any atom is -0.414 e. The number of unbranched alkanes of at least 4 members (excludes halogenated alkanes) is 7. The molecule has 0 aromatic rings. The van der Waals surface area contributed by atoms with E-state index in [-0.39, 0.29) is 38.5 Å². The molecule has 1 rings (SSSR count). The Morgan fingerprint density at radius 1 is 0.510 bits per heavy atom. The van der Waals surface area contributed by atoms with Crippen molar-refractivity contribution < 1.29 is 27.2 Å². The van der Waals surface area contributed by atoms with E-state index in [4.69, 9.17) is 27.2 Å². The fourth-order valence-corrected chi connectivity index (χ4v) is 10.00. The average Bonchev–Trinajstić information content (AvgIpc) is 2.93. The Bertz CT molecular complexity index is 1030. The summed E-state index contributed by atoms with van der Waals surface area (Å²) >= 11 is 0. The maximum atomic E-state index is 7.57. The monoisotopic (exact) mass is 789 g/mol. The van der Waals surface area contributed by atoms with Crippen molar-refractivity contribution in [2.24, 2.45) is 0 Å². The summed E-state index contributed by atoms with van der Waals surface area (Å²) in [6.45, 7) is 51.3. The van der Waals surface area contributed by atoms with Gasteiger partial charge in [0.15, 0.2) is 39.6 Å². The van der Waals surface area contributed by atoms with Crippen LogP contribution in [0.3, 0.4) is 0 Å². The highest BCUT2D eigenvalue weighted by Gasteiger charge is 2.57. The molecule has 1 heterocycles. The van der Waals surface area contributed by atoms with E-state index in [1.807, 2.05) is 6.08 Å². The van der Waals surface area contributed by atoms with Crippen molar-refractivity contribution in [2.45, 2.75) is 238 Å². The quantitative estimate of drug-likeness (QED) is 0.0696. The fourth-order valence-electron chi connectivity index (χ4n) is 5.08. The van der Waals surface area contributed by atoms with Gasteiger partial charge in [-0.2, -0.15) is 0 Å². The first-order valence-corrected chi connectivity index (χ1v) is 32.0. The minimum atomic E-state index is -2.31. The summed E-state index contributed by atoms with van der Waals surface area (Å²) in [5, 5.41) is 0.0878. The van der Waals surface area contributed by atoms with Crippen LogP contribution in [-0.4, -0.2) is 77.2 Å². The van der Waals surface area contributed by atoms with Gasteiger partial charge < -0.3 is 27.2 Å². The third kappa shape index (κ3) is 14.8. The summed E-state index contributed by atoms with van der Waals surface area (Å²) < 4.78 is 43.4. The van der Waals surface area contributed by atoms with Crippen LogP contribution in [0.1, 0.15) is 134 Å². The van der Waals surface area contributed by atoms with Gasteiger partial charge in [-0.1, -0.05) is 121 Å². The smallest absolute Gasteiger partial charge is 0.192 e. The van der Waals surface area contributed by atoms with Gasteiger partial charge in [0.1, 0.15) is 24.4 Å². The predicted molar refractivity (Wildman–Crippen MR) is 231 cm³/mol. The lowest BCUT2D eigenvalue weighted by Gasteiger charge is -2.54. The summed E-state index contributed by atoms with van der Waals surface area (Å²) in [6.07, 6.45) is 9.62. The molecule has 0 aromatic heterocycles. The van der Waals surface area contributed by atoms with E-state index < -0.39 is 45.7 Å². The molecular formula is C41H88O6Si4. The molecule has 0 N–H and O–H groups in total. The van der Waals surface area contributed by atoms with Crippen LogP contribution in [0.4, 0.5) is 0 Å². The summed E-state index contributed by atoms with van der Waals surface area (Å²) in [5.74, 6) is 0. The maximum Gasteiger partial charge on any atom is 0.192 e. The summed E-state index contributed by atoms with van der Waals surface area (Å²) in [6, 6.07) is 0. The SMILES string of the molecule is C=CCCCCCCCCCO[C@@H]1O[C@H](CO[Si](C)(C)C(C)(C)C)[C@@H](O[Si](C)(C)C(C)(C)C)[C@H](O[Si](C)(C)C(C)(C)C)[C@H]1O[Si](C)(C)C(C)(C)C. The molecule has 1 aliphatic heterocycles. The number of ether oxygens (including phenoxy) is 2. The normalized spacial score (nSPS) is 23.5. The Morgan fingerprint density at radius 3 is 1.29 bits per heavy atom. The lowest BCUT2D eigenvalue weighted by molar-refractivity contribution is -0.291. The Labute approximate surface area is 322 Å². The minimum absolute atomic E-state index is 0.00280. The zero-order valence-corrected chi connectivity index (χ0v) is 41.7. The molecule has 1 saturated heterocycles. The molecule has 0 bridgehead atoms. The molecule has 5 atom stereocenters. The largest absolute Gasteiger partial charge is 0.414 e. The van der Waals surface area contributed by atoms with Crippen LogP contribution in [0.15, 0.2) is 12.7 Å². The van der Waals surface area contributed by atoms with Gasteiger partial charge in [-0.05, 0) is 91.8 Å². The van der Waals surface area contributed by atoms with E-state index in [1.54, 1.807) is 0 Å². The van der Waals surface area contributed by atoms with Gasteiger partial charge in [0.2, 0.25) is 0 Å². The maximum absolute atomic E-state index is 7.57. The van der Waals surface area contributed by atoms with Gasteiger partial charge in [-0.15, -0.1) is 6.58 Å². The molecule has 0 spiro atoms. The Balaban J connectivity index is 3.70. The van der Waals surface area contributed by atoms with Crippen LogP contribution in [0.2, 0.25) is 72.5 Å². The highest BCUT2D eigenvalue weighted by atomic mass is 28.4. The molecule has 1 aliphatic rings. The van der Waals surface area contributed by atoms with Crippen molar-refractivity contribution in [3.8, 4) is 0 Å². The summed E-state index contributed by atoms with van der Waals surface area (Å²) in [5.41, 5.74) is 0. The molecule has 0 unspecified atom stereocenters. The molecule has 0 aromatic carbocycles. The van der Waals surface area contributed by atoms with E-state index >= 15 is 0 Å². The molecule has 0 aliphatic carbocycles. The number of allylic oxidation sites excluding steroid dienone is 1. The standard InChI is InChI=1S/C41H88O6Si4/c1-22-23-24-25-26-27-28-29-30-31-42-37-36(47-51(20,21)41(11,12)13)35(46-50(18,19)40(8,9)10)34(45-49(16,17)39(5,6)7)33(44-37)32-43-48(14,15)38(2,3)4/h22,33-37H,1,23-32H2,2-21H3/t33-,34-,35+,36-,37-/m1/s1. The van der Waals surface area contributed by atoms with Gasteiger partial charge in [0, 0.05) is 6.61 Å². The third-order valence-electron chi connectivity index (χ3n) is 13.1. The van der Waals surface area contributed by atoms with Gasteiger partial charge >= 0.3 is 0 Å². The van der Waals surface area contributed by atoms with Gasteiger partial charge in [-0.3, -0.25) is 0 Å². The van der Waals surface area contributed by atoms with E-state index in [1.165, 1.54) is 32.1 Å². The molecule has 0 saturated carbocycles. The molecule has 51 heavy (non-hydrogen) atoms. The highest BCUT2D eigenvalue weighted by molar-refractivity contribution is 6.75. The van der Waals surface area contributed by atoms with Crippen molar-refractivity contribution in [3.63, 3.8) is 0 Å². The van der Waals surface area contributed by atoms with Gasteiger partial charge in [0.05, 0.1) is 6.61 Å². The first kappa shape index (κ1) is 49.4. The first-order valence-electron chi connectivity index (χ1n) is 20.4. The summed E-state index contributed by atoms with van der Waals surface area (Å²) in [7, 11) is -8.99. The van der Waals surface area contributed by atoms with Crippen molar-refractivity contribution in [1.29, 1.82) is 0 Å². The van der Waals surface area contributed by atoms with Gasteiger partial charge in [-0.25, -0.2) is 0 Å². The van der Waals surface area contributed by atoms with Crippen molar-refractivity contribution in [1.82, 2.24) is 0 Å². The van der Waals surface area contributed by atoms with E-state index in [9.17, 15) is 0 Å². The molecule has 6 nitrogen and oxygen atoms in total. The van der Waals surface area contributed by atoms with E-state index in [0.29, 0.717) is 13.2 Å². The predicted octanol–water partition coefficient (Wildman–Crippen LogP) is 13.2. The van der Waals surface area contributed by atoms with Gasteiger partial charge in [0.25, 0.3) is 0 Å². The average molecular weight is 789 g/mol. The number of hydrogen-bond donors (Lipinski definition) is 0. The zero-order chi connectivity index (χ0) is 39.9. The zero-order valence-electron chi connectivity index (χ0n) is 37.7. The van der Waals surface area contributed by atoms with Crippen LogP contribution in [0, 0.1) is 0 Å². The molecule has 0 amide bonds. The fraction of sp³-hybridized carbons (Fsp3) is 0.951. The lowest BCUT2D eigenvalue weighted by Crippen LogP contribution is -2.68. The van der Waals surface area contributed by atoms with Crippen molar-refractivity contribution in [2.75, 3.05) is 13.2 Å². The number of hydrogen-bond acceptors (Lipinski definition) is 6. The molecule has 1 fully saturated rings. The Hall–Kier alpha value is 0.368. The third-order valence-corrected chi connectivity index (χ3v) is 31.0. The molecular weight excluding hydrogens is 701 g/mol. The Kier molecular flexibility index (Phi) is 18.4. The second-order valence-electron chi connectivity index (χ2n) is 21.6. The topological polar surface area (TPSA) is 55.4 Å². The molecule has 0 radical (unpaired) electrons. The molecule has 304 valence electrons. The number of rotatable bonds is 20. The lowest BCUT2D eigenvalue weighted by atomic mass is 9.99. The van der Waals surface area contributed by atoms with Crippen LogP contribution < -0.4 is 0 Å². The second kappa shape index (κ2) is 19.0. The van der Waals surface area contributed by atoms with Crippen LogP contribution in [0.5, 0.6) is 0 Å². The van der Waals surface area contributed by atoms with Crippen molar-refractivity contribution >= 4 is 33.3 Å².